The van der Waals surface area contributed by atoms with Gasteiger partial charge in [-0.25, -0.2) is 0 Å². The Morgan fingerprint density at radius 1 is 1.25 bits per heavy atom. The maximum Gasteiger partial charge on any atom is 0.137 e. The average molecular weight is 289 g/mol. The summed E-state index contributed by atoms with van der Waals surface area (Å²) in [4.78, 5) is 5.27. The quantitative estimate of drug-likeness (QED) is 0.789. The molecule has 3 nitrogen and oxygen atoms in total. The number of ether oxygens (including phenoxy) is 1. The van der Waals surface area contributed by atoms with Gasteiger partial charge in [0.2, 0.25) is 0 Å². The Morgan fingerprint density at radius 3 is 2.80 bits per heavy atom. The molecule has 0 amide bonds. The van der Waals surface area contributed by atoms with Crippen LogP contribution in [-0.4, -0.2) is 22.5 Å². The lowest BCUT2D eigenvalue weighted by molar-refractivity contribution is 0.202. The molecule has 2 aromatic rings. The van der Waals surface area contributed by atoms with E-state index in [0.717, 1.165) is 16.9 Å². The zero-order valence-electron chi connectivity index (χ0n) is 11.5. The molecule has 0 bridgehead atoms. The fraction of sp³-hybridized carbons (Fsp3) is 0.312. The fourth-order valence-electron chi connectivity index (χ4n) is 1.70. The van der Waals surface area contributed by atoms with E-state index in [-0.39, 0.29) is 0 Å². The van der Waals surface area contributed by atoms with Crippen LogP contribution < -0.4 is 4.74 Å². The molecule has 0 saturated carbocycles. The summed E-state index contributed by atoms with van der Waals surface area (Å²) in [5.74, 6) is 1.32. The first-order valence-corrected chi connectivity index (χ1v) is 7.72. The van der Waals surface area contributed by atoms with Crippen LogP contribution in [0.15, 0.2) is 53.7 Å². The molecule has 20 heavy (non-hydrogen) atoms. The van der Waals surface area contributed by atoms with Gasteiger partial charge in [-0.1, -0.05) is 25.1 Å². The highest BCUT2D eigenvalue weighted by Gasteiger charge is 2.10. The van der Waals surface area contributed by atoms with Gasteiger partial charge in [-0.15, -0.1) is 11.8 Å². The van der Waals surface area contributed by atoms with Crippen LogP contribution in [0.4, 0.5) is 0 Å². The molecule has 0 aliphatic carbocycles. The largest absolute Gasteiger partial charge is 0.492 e. The Morgan fingerprint density at radius 2 is 2.05 bits per heavy atom. The smallest absolute Gasteiger partial charge is 0.137 e. The first-order chi connectivity index (χ1) is 9.79. The van der Waals surface area contributed by atoms with E-state index in [0.29, 0.717) is 18.1 Å². The third-order valence-electron chi connectivity index (χ3n) is 2.74. The molecular weight excluding hydrogens is 270 g/mol. The summed E-state index contributed by atoms with van der Waals surface area (Å²) in [6.07, 6.45) is 3.78. The van der Waals surface area contributed by atoms with Gasteiger partial charge >= 0.3 is 0 Å². The molecule has 0 spiro atoms. The zero-order chi connectivity index (χ0) is 14.2. The van der Waals surface area contributed by atoms with Gasteiger partial charge in [0.15, 0.2) is 0 Å². The van der Waals surface area contributed by atoms with Gasteiger partial charge in [-0.05, 0) is 24.6 Å². The number of thioether (sulfide) groups is 1. The number of pyridine rings is 1. The average Bonchev–Trinajstić information content (AvgIpc) is 2.52. The first kappa shape index (κ1) is 14.9. The van der Waals surface area contributed by atoms with Crippen molar-refractivity contribution in [1.82, 2.24) is 4.98 Å². The molecule has 0 fully saturated rings. The van der Waals surface area contributed by atoms with Crippen molar-refractivity contribution in [2.45, 2.75) is 24.3 Å². The Hall–Kier alpha value is -1.52. The first-order valence-electron chi connectivity index (χ1n) is 6.73. The molecule has 0 radical (unpaired) electrons. The second-order valence-electron chi connectivity index (χ2n) is 4.44. The highest BCUT2D eigenvalue weighted by molar-refractivity contribution is 7.99. The van der Waals surface area contributed by atoms with Crippen molar-refractivity contribution in [3.8, 4) is 5.75 Å². The van der Waals surface area contributed by atoms with E-state index < -0.39 is 6.10 Å². The molecule has 1 unspecified atom stereocenters. The van der Waals surface area contributed by atoms with E-state index >= 15 is 0 Å². The van der Waals surface area contributed by atoms with Crippen molar-refractivity contribution in [1.29, 1.82) is 0 Å². The summed E-state index contributed by atoms with van der Waals surface area (Å²) in [5, 5.41) is 10.2. The molecule has 2 rings (SSSR count). The van der Waals surface area contributed by atoms with E-state index in [4.69, 9.17) is 4.74 Å². The second kappa shape index (κ2) is 7.92. The van der Waals surface area contributed by atoms with Gasteiger partial charge in [0.05, 0.1) is 18.9 Å². The van der Waals surface area contributed by atoms with E-state index in [9.17, 15) is 5.11 Å². The molecule has 1 heterocycles. The highest BCUT2D eigenvalue weighted by Crippen LogP contribution is 2.25. The lowest BCUT2D eigenvalue weighted by Gasteiger charge is -2.12. The van der Waals surface area contributed by atoms with Crippen molar-refractivity contribution < 1.29 is 9.84 Å². The summed E-state index contributed by atoms with van der Waals surface area (Å²) in [6.45, 7) is 2.72. The Bertz CT molecular complexity index is 519. The van der Waals surface area contributed by atoms with Gasteiger partial charge in [-0.3, -0.25) is 4.98 Å². The maximum atomic E-state index is 10.2. The van der Waals surface area contributed by atoms with Gasteiger partial charge in [0.1, 0.15) is 5.75 Å². The number of aromatic nitrogens is 1. The van der Waals surface area contributed by atoms with Crippen molar-refractivity contribution in [2.24, 2.45) is 0 Å². The van der Waals surface area contributed by atoms with Crippen LogP contribution >= 0.6 is 11.8 Å². The van der Waals surface area contributed by atoms with Crippen LogP contribution in [0, 0.1) is 0 Å². The van der Waals surface area contributed by atoms with Gasteiger partial charge in [0, 0.05) is 22.4 Å². The van der Waals surface area contributed by atoms with Gasteiger partial charge < -0.3 is 9.84 Å². The van der Waals surface area contributed by atoms with E-state index in [1.165, 1.54) is 0 Å². The van der Waals surface area contributed by atoms with Crippen molar-refractivity contribution in [3.05, 3.63) is 54.4 Å². The van der Waals surface area contributed by atoms with Crippen LogP contribution in [0.5, 0.6) is 5.75 Å². The minimum atomic E-state index is -0.544. The molecular formula is C16H19NO2S. The van der Waals surface area contributed by atoms with Crippen molar-refractivity contribution in [3.63, 3.8) is 0 Å². The van der Waals surface area contributed by atoms with Crippen LogP contribution in [0.25, 0.3) is 0 Å². The molecule has 1 N–H and O–H groups in total. The van der Waals surface area contributed by atoms with Crippen LogP contribution in [-0.2, 0) is 0 Å². The summed E-state index contributed by atoms with van der Waals surface area (Å²) >= 11 is 1.63. The fourth-order valence-corrected chi connectivity index (χ4v) is 2.60. The summed E-state index contributed by atoms with van der Waals surface area (Å²) < 4.78 is 5.53. The van der Waals surface area contributed by atoms with Gasteiger partial charge in [-0.2, -0.15) is 0 Å². The van der Waals surface area contributed by atoms with Crippen LogP contribution in [0.3, 0.4) is 0 Å². The van der Waals surface area contributed by atoms with E-state index in [1.807, 2.05) is 36.4 Å². The van der Waals surface area contributed by atoms with Gasteiger partial charge in [0.25, 0.3) is 0 Å². The minimum Gasteiger partial charge on any atom is -0.492 e. The SMILES string of the molecule is CCCOc1cncc(C(O)CSc2ccccc2)c1. The van der Waals surface area contributed by atoms with Crippen LogP contribution in [0.2, 0.25) is 0 Å². The lowest BCUT2D eigenvalue weighted by Crippen LogP contribution is -2.03. The third kappa shape index (κ3) is 4.54. The predicted octanol–water partition coefficient (Wildman–Crippen LogP) is 3.70. The number of aliphatic hydroxyl groups is 1. The zero-order valence-corrected chi connectivity index (χ0v) is 12.3. The Kier molecular flexibility index (Phi) is 5.89. The Labute approximate surface area is 124 Å². The normalized spacial score (nSPS) is 12.1. The van der Waals surface area contributed by atoms with Crippen molar-refractivity contribution in [2.75, 3.05) is 12.4 Å². The summed E-state index contributed by atoms with van der Waals surface area (Å²) in [5.41, 5.74) is 0.794. The molecule has 0 aliphatic rings. The lowest BCUT2D eigenvalue weighted by atomic mass is 10.2. The summed E-state index contributed by atoms with van der Waals surface area (Å²) in [6, 6.07) is 11.9. The number of benzene rings is 1. The molecule has 0 aliphatic heterocycles. The van der Waals surface area contributed by atoms with E-state index in [2.05, 4.69) is 11.9 Å². The Balaban J connectivity index is 1.93. The predicted molar refractivity (Wildman–Crippen MR) is 82.1 cm³/mol. The standard InChI is InChI=1S/C16H19NO2S/c1-2-8-19-14-9-13(10-17-11-14)16(18)12-20-15-6-4-3-5-7-15/h3-7,9-11,16,18H,2,8,12H2,1H3. The maximum absolute atomic E-state index is 10.2. The third-order valence-corrected chi connectivity index (χ3v) is 3.83. The summed E-state index contributed by atoms with van der Waals surface area (Å²) in [7, 11) is 0. The number of aliphatic hydroxyl groups excluding tert-OH is 1. The molecule has 1 aromatic carbocycles. The molecule has 1 atom stereocenters. The van der Waals surface area contributed by atoms with E-state index in [1.54, 1.807) is 24.2 Å². The topological polar surface area (TPSA) is 42.4 Å². The minimum absolute atomic E-state index is 0.544. The number of rotatable bonds is 7. The highest BCUT2D eigenvalue weighted by atomic mass is 32.2. The molecule has 4 heteroatoms. The number of hydrogen-bond acceptors (Lipinski definition) is 4. The molecule has 106 valence electrons. The second-order valence-corrected chi connectivity index (χ2v) is 5.54. The molecule has 1 aromatic heterocycles. The number of hydrogen-bond donors (Lipinski definition) is 1. The number of nitrogens with zero attached hydrogens (tertiary/aromatic N) is 1. The van der Waals surface area contributed by atoms with Crippen molar-refractivity contribution >= 4 is 11.8 Å². The van der Waals surface area contributed by atoms with Crippen LogP contribution in [0.1, 0.15) is 25.0 Å². The monoisotopic (exact) mass is 289 g/mol. The molecule has 0 saturated heterocycles.